The smallest absolute Gasteiger partial charge is 0.238 e. The quantitative estimate of drug-likeness (QED) is 0.777. The van der Waals surface area contributed by atoms with Gasteiger partial charge >= 0.3 is 0 Å². The summed E-state index contributed by atoms with van der Waals surface area (Å²) in [6.07, 6.45) is 0.780. The molecule has 0 N–H and O–H groups in total. The van der Waals surface area contributed by atoms with Gasteiger partial charge < -0.3 is 4.42 Å². The van der Waals surface area contributed by atoms with Crippen LogP contribution in [0.15, 0.2) is 26.4 Å². The Labute approximate surface area is 110 Å². The van der Waals surface area contributed by atoms with Crippen LogP contribution in [0.4, 0.5) is 0 Å². The van der Waals surface area contributed by atoms with Crippen LogP contribution in [0.1, 0.15) is 28.1 Å². The van der Waals surface area contributed by atoms with Gasteiger partial charge in [-0.1, -0.05) is 18.5 Å². The molecule has 0 aliphatic rings. The molecule has 2 aromatic rings. The van der Waals surface area contributed by atoms with E-state index in [0.717, 1.165) is 16.0 Å². The van der Waals surface area contributed by atoms with E-state index >= 15 is 0 Å². The molecule has 2 nitrogen and oxygen atoms in total. The SMILES string of the molecule is CCc1ccc(C(=O)c2cc(Cl)c(Br)s2)o1. The molecule has 16 heavy (non-hydrogen) atoms. The van der Waals surface area contributed by atoms with Crippen molar-refractivity contribution in [3.63, 3.8) is 0 Å². The molecule has 0 radical (unpaired) electrons. The molecule has 2 rings (SSSR count). The molecule has 0 bridgehead atoms. The van der Waals surface area contributed by atoms with E-state index in [2.05, 4.69) is 15.9 Å². The molecule has 0 saturated carbocycles. The Balaban J connectivity index is 2.31. The molecule has 84 valence electrons. The molecule has 0 atom stereocenters. The number of carbonyl (C=O) groups excluding carboxylic acids is 1. The van der Waals surface area contributed by atoms with Crippen LogP contribution in [0.2, 0.25) is 5.02 Å². The first-order valence-corrected chi connectivity index (χ1v) is 6.68. The maximum atomic E-state index is 12.0. The fourth-order valence-electron chi connectivity index (χ4n) is 1.27. The highest BCUT2D eigenvalue weighted by Crippen LogP contribution is 2.33. The van der Waals surface area contributed by atoms with Gasteiger partial charge in [-0.15, -0.1) is 11.3 Å². The zero-order valence-corrected chi connectivity index (χ0v) is 11.6. The van der Waals surface area contributed by atoms with Gasteiger partial charge in [-0.3, -0.25) is 4.79 Å². The molecule has 0 fully saturated rings. The molecule has 0 saturated heterocycles. The lowest BCUT2D eigenvalue weighted by atomic mass is 10.2. The average Bonchev–Trinajstić information content (AvgIpc) is 2.86. The van der Waals surface area contributed by atoms with Gasteiger partial charge in [-0.05, 0) is 34.1 Å². The van der Waals surface area contributed by atoms with Gasteiger partial charge in [-0.25, -0.2) is 0 Å². The number of thiophene rings is 1. The molecule has 5 heteroatoms. The number of furan rings is 1. The second-order valence-corrected chi connectivity index (χ2v) is 5.96. The monoisotopic (exact) mass is 318 g/mol. The Bertz CT molecular complexity index is 510. The van der Waals surface area contributed by atoms with Crippen LogP contribution in [-0.2, 0) is 6.42 Å². The topological polar surface area (TPSA) is 30.2 Å². The van der Waals surface area contributed by atoms with E-state index in [1.165, 1.54) is 11.3 Å². The van der Waals surface area contributed by atoms with E-state index < -0.39 is 0 Å². The van der Waals surface area contributed by atoms with E-state index in [-0.39, 0.29) is 5.78 Å². The van der Waals surface area contributed by atoms with Gasteiger partial charge in [0, 0.05) is 6.42 Å². The second-order valence-electron chi connectivity index (χ2n) is 3.18. The van der Waals surface area contributed by atoms with Gasteiger partial charge in [0.25, 0.3) is 0 Å². The fraction of sp³-hybridized carbons (Fsp3) is 0.182. The van der Waals surface area contributed by atoms with Crippen molar-refractivity contribution in [2.24, 2.45) is 0 Å². The summed E-state index contributed by atoms with van der Waals surface area (Å²) in [5.41, 5.74) is 0. The number of carbonyl (C=O) groups is 1. The highest BCUT2D eigenvalue weighted by atomic mass is 79.9. The van der Waals surface area contributed by atoms with Crippen molar-refractivity contribution in [3.05, 3.63) is 43.4 Å². The Hall–Kier alpha value is -0.580. The molecule has 0 unspecified atom stereocenters. The number of rotatable bonds is 3. The Morgan fingerprint density at radius 2 is 2.31 bits per heavy atom. The normalized spacial score (nSPS) is 10.7. The van der Waals surface area contributed by atoms with Crippen molar-refractivity contribution >= 4 is 44.7 Å². The van der Waals surface area contributed by atoms with Crippen LogP contribution < -0.4 is 0 Å². The average molecular weight is 320 g/mol. The van der Waals surface area contributed by atoms with Crippen LogP contribution in [0, 0.1) is 0 Å². The molecule has 0 aliphatic carbocycles. The third kappa shape index (κ3) is 2.24. The van der Waals surface area contributed by atoms with Crippen LogP contribution in [0.3, 0.4) is 0 Å². The minimum atomic E-state index is -0.127. The van der Waals surface area contributed by atoms with E-state index in [9.17, 15) is 4.79 Å². The highest BCUT2D eigenvalue weighted by Gasteiger charge is 2.17. The molecule has 2 aromatic heterocycles. The van der Waals surface area contributed by atoms with Gasteiger partial charge in [0.15, 0.2) is 5.76 Å². The summed E-state index contributed by atoms with van der Waals surface area (Å²) in [4.78, 5) is 12.6. The van der Waals surface area contributed by atoms with Gasteiger partial charge in [0.2, 0.25) is 5.78 Å². The lowest BCUT2D eigenvalue weighted by Gasteiger charge is -1.92. The molecule has 0 spiro atoms. The number of hydrogen-bond acceptors (Lipinski definition) is 3. The number of ketones is 1. The van der Waals surface area contributed by atoms with E-state index in [4.69, 9.17) is 16.0 Å². The lowest BCUT2D eigenvalue weighted by Crippen LogP contribution is -1.95. The summed E-state index contributed by atoms with van der Waals surface area (Å²) in [6.45, 7) is 1.98. The van der Waals surface area contributed by atoms with Crippen molar-refractivity contribution < 1.29 is 9.21 Å². The van der Waals surface area contributed by atoms with Gasteiger partial charge in [0.1, 0.15) is 5.76 Å². The van der Waals surface area contributed by atoms with Gasteiger partial charge in [0.05, 0.1) is 13.7 Å². The van der Waals surface area contributed by atoms with E-state index in [1.54, 1.807) is 12.1 Å². The van der Waals surface area contributed by atoms with Crippen LogP contribution in [-0.4, -0.2) is 5.78 Å². The summed E-state index contributed by atoms with van der Waals surface area (Å²) in [5.74, 6) is 1.05. The fourth-order valence-corrected chi connectivity index (χ4v) is 2.92. The van der Waals surface area contributed by atoms with Crippen molar-refractivity contribution in [2.45, 2.75) is 13.3 Å². The van der Waals surface area contributed by atoms with E-state index in [1.807, 2.05) is 13.0 Å². The first-order chi connectivity index (χ1) is 7.61. The van der Waals surface area contributed by atoms with Crippen molar-refractivity contribution in [1.29, 1.82) is 0 Å². The zero-order valence-electron chi connectivity index (χ0n) is 8.42. The second kappa shape index (κ2) is 4.73. The summed E-state index contributed by atoms with van der Waals surface area (Å²) >= 11 is 10.5. The maximum Gasteiger partial charge on any atom is 0.238 e. The molecular formula is C11H8BrClO2S. The van der Waals surface area contributed by atoms with Gasteiger partial charge in [-0.2, -0.15) is 0 Å². The molecule has 2 heterocycles. The van der Waals surface area contributed by atoms with Crippen LogP contribution >= 0.6 is 38.9 Å². The largest absolute Gasteiger partial charge is 0.458 e. The highest BCUT2D eigenvalue weighted by molar-refractivity contribution is 9.11. The third-order valence-corrected chi connectivity index (χ3v) is 4.58. The molecule has 0 aromatic carbocycles. The van der Waals surface area contributed by atoms with Crippen LogP contribution in [0.5, 0.6) is 0 Å². The Kier molecular flexibility index (Phi) is 3.52. The predicted molar refractivity (Wildman–Crippen MR) is 68.5 cm³/mol. The Morgan fingerprint density at radius 3 is 2.81 bits per heavy atom. The molecule has 0 amide bonds. The van der Waals surface area contributed by atoms with E-state index in [0.29, 0.717) is 15.7 Å². The number of halogens is 2. The summed E-state index contributed by atoms with van der Waals surface area (Å²) < 4.78 is 6.16. The first-order valence-electron chi connectivity index (χ1n) is 4.70. The third-order valence-electron chi connectivity index (χ3n) is 2.10. The molecule has 0 aliphatic heterocycles. The zero-order chi connectivity index (χ0) is 11.7. The Morgan fingerprint density at radius 1 is 1.56 bits per heavy atom. The van der Waals surface area contributed by atoms with Crippen molar-refractivity contribution in [1.82, 2.24) is 0 Å². The summed E-state index contributed by atoms with van der Waals surface area (Å²) in [6, 6.07) is 5.16. The molecular weight excluding hydrogens is 312 g/mol. The minimum Gasteiger partial charge on any atom is -0.458 e. The summed E-state index contributed by atoms with van der Waals surface area (Å²) in [7, 11) is 0. The van der Waals surface area contributed by atoms with Crippen LogP contribution in [0.25, 0.3) is 0 Å². The number of hydrogen-bond donors (Lipinski definition) is 0. The van der Waals surface area contributed by atoms with Crippen molar-refractivity contribution in [3.8, 4) is 0 Å². The number of aryl methyl sites for hydroxylation is 1. The predicted octanol–water partition coefficient (Wildman–Crippen LogP) is 4.55. The minimum absolute atomic E-state index is 0.127. The summed E-state index contributed by atoms with van der Waals surface area (Å²) in [5, 5.41) is 0.552. The maximum absolute atomic E-state index is 12.0. The standard InChI is InChI=1S/C11H8BrClO2S/c1-2-6-3-4-8(15-6)10(14)9-5-7(13)11(12)16-9/h3-5H,2H2,1H3. The first kappa shape index (κ1) is 11.9. The van der Waals surface area contributed by atoms with Crippen molar-refractivity contribution in [2.75, 3.05) is 0 Å². The lowest BCUT2D eigenvalue weighted by molar-refractivity contribution is 0.101.